The number of para-hydroxylation sites is 1. The normalized spacial score (nSPS) is 10.4. The summed E-state index contributed by atoms with van der Waals surface area (Å²) in [6, 6.07) is 9.45. The van der Waals surface area contributed by atoms with E-state index in [2.05, 4.69) is 15.6 Å². The van der Waals surface area contributed by atoms with Crippen LogP contribution in [0.2, 0.25) is 0 Å². The Hall–Kier alpha value is -2.70. The number of nitrogens with one attached hydrogen (secondary N) is 1. The minimum absolute atomic E-state index is 0.203. The van der Waals surface area contributed by atoms with Crippen molar-refractivity contribution in [3.8, 4) is 5.69 Å². The van der Waals surface area contributed by atoms with Gasteiger partial charge >= 0.3 is 5.97 Å². The predicted octanol–water partition coefficient (Wildman–Crippen LogP) is 2.03. The molecule has 1 heterocycles. The summed E-state index contributed by atoms with van der Waals surface area (Å²) in [5.74, 6) is -1.02. The lowest BCUT2D eigenvalue weighted by Gasteiger charge is -2.02. The molecule has 0 fully saturated rings. The molecular formula is C16H20N4O3. The standard InChI is InChI=1S/C16H20N4O3/c21-15(22)10-6-1-2-7-11-17-16(23)14-12-20(19-18-14)13-8-4-3-5-9-13/h3-5,8-9,12H,1-2,6-7,10-11H2,(H,17,23)(H,21,22). The number of carbonyl (C=O) groups excluding carboxylic acids is 1. The number of carboxylic acid groups (broad SMARTS) is 1. The Morgan fingerprint density at radius 3 is 2.57 bits per heavy atom. The number of aliphatic carboxylic acids is 1. The Morgan fingerprint density at radius 2 is 1.83 bits per heavy atom. The number of hydrogen-bond donors (Lipinski definition) is 2. The van der Waals surface area contributed by atoms with E-state index in [1.54, 1.807) is 10.9 Å². The van der Waals surface area contributed by atoms with E-state index in [1.165, 1.54) is 0 Å². The van der Waals surface area contributed by atoms with Crippen LogP contribution in [0.15, 0.2) is 36.5 Å². The van der Waals surface area contributed by atoms with Gasteiger partial charge in [0.2, 0.25) is 0 Å². The summed E-state index contributed by atoms with van der Waals surface area (Å²) >= 11 is 0. The van der Waals surface area contributed by atoms with Crippen LogP contribution in [0.25, 0.3) is 5.69 Å². The molecule has 0 saturated heterocycles. The van der Waals surface area contributed by atoms with Gasteiger partial charge in [-0.25, -0.2) is 4.68 Å². The smallest absolute Gasteiger partial charge is 0.303 e. The number of hydrogen-bond acceptors (Lipinski definition) is 4. The second kappa shape index (κ2) is 8.67. The van der Waals surface area contributed by atoms with Crippen LogP contribution in [-0.2, 0) is 4.79 Å². The van der Waals surface area contributed by atoms with Gasteiger partial charge in [0.15, 0.2) is 5.69 Å². The van der Waals surface area contributed by atoms with Crippen LogP contribution in [0.3, 0.4) is 0 Å². The van der Waals surface area contributed by atoms with Gasteiger partial charge in [-0.1, -0.05) is 36.3 Å². The van der Waals surface area contributed by atoms with Crippen molar-refractivity contribution in [1.29, 1.82) is 0 Å². The van der Waals surface area contributed by atoms with Gasteiger partial charge in [-0.3, -0.25) is 9.59 Å². The van der Waals surface area contributed by atoms with E-state index < -0.39 is 5.97 Å². The molecule has 0 radical (unpaired) electrons. The summed E-state index contributed by atoms with van der Waals surface area (Å²) in [5, 5.41) is 19.1. The Labute approximate surface area is 134 Å². The fourth-order valence-electron chi connectivity index (χ4n) is 2.12. The zero-order chi connectivity index (χ0) is 16.5. The summed E-state index contributed by atoms with van der Waals surface area (Å²) in [6.07, 6.45) is 5.04. The van der Waals surface area contributed by atoms with Crippen LogP contribution in [0, 0.1) is 0 Å². The van der Waals surface area contributed by atoms with Crippen molar-refractivity contribution in [3.63, 3.8) is 0 Å². The van der Waals surface area contributed by atoms with E-state index in [0.29, 0.717) is 13.0 Å². The molecule has 0 aliphatic carbocycles. The number of rotatable bonds is 9. The number of nitrogens with zero attached hydrogens (tertiary/aromatic N) is 3. The highest BCUT2D eigenvalue weighted by molar-refractivity contribution is 5.91. The molecule has 0 aliphatic heterocycles. The zero-order valence-electron chi connectivity index (χ0n) is 12.8. The molecule has 0 saturated carbocycles. The molecule has 1 amide bonds. The minimum Gasteiger partial charge on any atom is -0.481 e. The summed E-state index contributed by atoms with van der Waals surface area (Å²) in [6.45, 7) is 0.546. The van der Waals surface area contributed by atoms with E-state index in [0.717, 1.165) is 24.9 Å². The van der Waals surface area contributed by atoms with Crippen LogP contribution in [0.1, 0.15) is 42.6 Å². The number of amides is 1. The van der Waals surface area contributed by atoms with Crippen LogP contribution in [0.4, 0.5) is 0 Å². The highest BCUT2D eigenvalue weighted by Crippen LogP contribution is 2.06. The summed E-state index contributed by atoms with van der Waals surface area (Å²) in [7, 11) is 0. The molecule has 23 heavy (non-hydrogen) atoms. The largest absolute Gasteiger partial charge is 0.481 e. The first-order valence-corrected chi connectivity index (χ1v) is 7.64. The van der Waals surface area contributed by atoms with Crippen LogP contribution < -0.4 is 5.32 Å². The maximum Gasteiger partial charge on any atom is 0.303 e. The molecule has 2 rings (SSSR count). The highest BCUT2D eigenvalue weighted by atomic mass is 16.4. The van der Waals surface area contributed by atoms with Gasteiger partial charge in [-0.05, 0) is 25.0 Å². The fraction of sp³-hybridized carbons (Fsp3) is 0.375. The van der Waals surface area contributed by atoms with E-state index >= 15 is 0 Å². The number of carboxylic acids is 1. The van der Waals surface area contributed by atoms with E-state index in [9.17, 15) is 9.59 Å². The molecule has 7 nitrogen and oxygen atoms in total. The molecule has 1 aromatic heterocycles. The molecule has 7 heteroatoms. The maximum atomic E-state index is 12.0. The molecular weight excluding hydrogens is 296 g/mol. The number of aromatic nitrogens is 3. The molecule has 0 aliphatic rings. The van der Waals surface area contributed by atoms with Crippen molar-refractivity contribution < 1.29 is 14.7 Å². The average Bonchev–Trinajstić information content (AvgIpc) is 3.04. The third-order valence-corrected chi connectivity index (χ3v) is 3.35. The summed E-state index contributed by atoms with van der Waals surface area (Å²) in [5.41, 5.74) is 1.12. The van der Waals surface area contributed by atoms with Crippen molar-refractivity contribution in [2.75, 3.05) is 6.54 Å². The third kappa shape index (κ3) is 5.54. The molecule has 0 atom stereocenters. The van der Waals surface area contributed by atoms with Crippen molar-refractivity contribution in [2.24, 2.45) is 0 Å². The van der Waals surface area contributed by atoms with E-state index in [4.69, 9.17) is 5.11 Å². The highest BCUT2D eigenvalue weighted by Gasteiger charge is 2.10. The van der Waals surface area contributed by atoms with Crippen LogP contribution >= 0.6 is 0 Å². The van der Waals surface area contributed by atoms with Crippen molar-refractivity contribution in [2.45, 2.75) is 32.1 Å². The molecule has 1 aromatic carbocycles. The first-order chi connectivity index (χ1) is 11.2. The predicted molar refractivity (Wildman–Crippen MR) is 84.4 cm³/mol. The van der Waals surface area contributed by atoms with Crippen LogP contribution in [-0.4, -0.2) is 38.5 Å². The SMILES string of the molecule is O=C(O)CCCCCCNC(=O)c1cn(-c2ccccc2)nn1. The zero-order valence-corrected chi connectivity index (χ0v) is 12.8. The quantitative estimate of drug-likeness (QED) is 0.690. The van der Waals surface area contributed by atoms with Gasteiger partial charge in [0, 0.05) is 13.0 Å². The fourth-order valence-corrected chi connectivity index (χ4v) is 2.12. The van der Waals surface area contributed by atoms with Gasteiger partial charge in [-0.2, -0.15) is 0 Å². The number of unbranched alkanes of at least 4 members (excludes halogenated alkanes) is 3. The first kappa shape index (κ1) is 16.7. The summed E-state index contributed by atoms with van der Waals surface area (Å²) in [4.78, 5) is 22.3. The summed E-state index contributed by atoms with van der Waals surface area (Å²) < 4.78 is 1.56. The van der Waals surface area contributed by atoms with Crippen molar-refractivity contribution >= 4 is 11.9 Å². The van der Waals surface area contributed by atoms with E-state index in [-0.39, 0.29) is 18.0 Å². The minimum atomic E-state index is -0.764. The van der Waals surface area contributed by atoms with Gasteiger partial charge in [0.25, 0.3) is 5.91 Å². The van der Waals surface area contributed by atoms with Gasteiger partial charge < -0.3 is 10.4 Å². The number of carbonyl (C=O) groups is 2. The van der Waals surface area contributed by atoms with Crippen molar-refractivity contribution in [1.82, 2.24) is 20.3 Å². The molecule has 122 valence electrons. The molecule has 0 spiro atoms. The van der Waals surface area contributed by atoms with Gasteiger partial charge in [0.05, 0.1) is 11.9 Å². The lowest BCUT2D eigenvalue weighted by Crippen LogP contribution is -2.24. The lowest BCUT2D eigenvalue weighted by molar-refractivity contribution is -0.137. The molecule has 2 N–H and O–H groups in total. The average molecular weight is 316 g/mol. The first-order valence-electron chi connectivity index (χ1n) is 7.64. The third-order valence-electron chi connectivity index (χ3n) is 3.35. The monoisotopic (exact) mass is 316 g/mol. The van der Waals surface area contributed by atoms with Gasteiger partial charge in [-0.15, -0.1) is 5.10 Å². The Bertz CT molecular complexity index is 640. The Balaban J connectivity index is 1.70. The topological polar surface area (TPSA) is 97.1 Å². The number of benzene rings is 1. The lowest BCUT2D eigenvalue weighted by atomic mass is 10.1. The van der Waals surface area contributed by atoms with Crippen LogP contribution in [0.5, 0.6) is 0 Å². The molecule has 0 bridgehead atoms. The van der Waals surface area contributed by atoms with Gasteiger partial charge in [0.1, 0.15) is 0 Å². The maximum absolute atomic E-state index is 12.0. The molecule has 2 aromatic rings. The second-order valence-corrected chi connectivity index (χ2v) is 5.20. The Kier molecular flexibility index (Phi) is 6.28. The van der Waals surface area contributed by atoms with E-state index in [1.807, 2.05) is 30.3 Å². The van der Waals surface area contributed by atoms with Crippen molar-refractivity contribution in [3.05, 3.63) is 42.2 Å². The molecule has 0 unspecified atom stereocenters. The Morgan fingerprint density at radius 1 is 1.09 bits per heavy atom. The second-order valence-electron chi connectivity index (χ2n) is 5.20.